The second kappa shape index (κ2) is 7.16. The van der Waals surface area contributed by atoms with Crippen LogP contribution in [0.25, 0.3) is 0 Å². The quantitative estimate of drug-likeness (QED) is 0.570. The number of carbonyl (C=O) groups is 2. The van der Waals surface area contributed by atoms with E-state index < -0.39 is 5.97 Å². The Morgan fingerprint density at radius 3 is 2.42 bits per heavy atom. The second-order valence-electron chi connectivity index (χ2n) is 4.07. The van der Waals surface area contributed by atoms with Crippen LogP contribution in [0.5, 0.6) is 0 Å². The summed E-state index contributed by atoms with van der Waals surface area (Å²) in [5.41, 5.74) is 1.41. The molecule has 1 aromatic carbocycles. The van der Waals surface area contributed by atoms with E-state index in [1.807, 2.05) is 30.3 Å². The molecular formula is C15H16NO3-. The predicted molar refractivity (Wildman–Crippen MR) is 72.4 cm³/mol. The van der Waals surface area contributed by atoms with E-state index in [-0.39, 0.29) is 12.2 Å². The van der Waals surface area contributed by atoms with Gasteiger partial charge in [0.05, 0.1) is 0 Å². The van der Waals surface area contributed by atoms with Crippen molar-refractivity contribution in [2.45, 2.75) is 13.3 Å². The first kappa shape index (κ1) is 14.7. The monoisotopic (exact) mass is 258 g/mol. The van der Waals surface area contributed by atoms with Crippen molar-refractivity contribution >= 4 is 17.4 Å². The number of carboxylic acid groups (broad SMARTS) is 1. The number of ketones is 1. The number of hydrogen-bond acceptors (Lipinski definition) is 4. The Balaban J connectivity index is 2.96. The van der Waals surface area contributed by atoms with Gasteiger partial charge < -0.3 is 14.8 Å². The Hall–Kier alpha value is -2.36. The number of hydrogen-bond donors (Lipinski definition) is 0. The van der Waals surface area contributed by atoms with Crippen LogP contribution in [0.3, 0.4) is 0 Å². The summed E-state index contributed by atoms with van der Waals surface area (Å²) in [6, 6.07) is 9.37. The molecule has 0 bridgehead atoms. The van der Waals surface area contributed by atoms with Crippen LogP contribution < -0.4 is 10.0 Å². The van der Waals surface area contributed by atoms with E-state index in [0.29, 0.717) is 5.70 Å². The fraction of sp³-hybridized carbons (Fsp3) is 0.200. The fourth-order valence-electron chi connectivity index (χ4n) is 1.55. The summed E-state index contributed by atoms with van der Waals surface area (Å²) in [5, 5.41) is 10.8. The number of aliphatic carboxylic acids is 1. The molecule has 0 radical (unpaired) electrons. The Labute approximate surface area is 112 Å². The van der Waals surface area contributed by atoms with Crippen molar-refractivity contribution < 1.29 is 14.7 Å². The average Bonchev–Trinajstić information content (AvgIpc) is 2.37. The van der Waals surface area contributed by atoms with Gasteiger partial charge in [-0.2, -0.15) is 0 Å². The fourth-order valence-corrected chi connectivity index (χ4v) is 1.55. The molecule has 0 N–H and O–H groups in total. The number of benzene rings is 1. The zero-order valence-electron chi connectivity index (χ0n) is 11.0. The molecule has 0 fully saturated rings. The third-order valence-electron chi connectivity index (χ3n) is 2.52. The van der Waals surface area contributed by atoms with Crippen molar-refractivity contribution in [3.8, 4) is 0 Å². The van der Waals surface area contributed by atoms with Gasteiger partial charge in [-0.15, -0.1) is 0 Å². The molecule has 4 nitrogen and oxygen atoms in total. The Bertz CT molecular complexity index is 503. The maximum Gasteiger partial charge on any atom is 0.152 e. The summed E-state index contributed by atoms with van der Waals surface area (Å²) < 4.78 is 0. The van der Waals surface area contributed by atoms with E-state index in [1.54, 1.807) is 24.1 Å². The summed E-state index contributed by atoms with van der Waals surface area (Å²) in [6.07, 6.45) is 4.31. The van der Waals surface area contributed by atoms with Crippen LogP contribution in [-0.4, -0.2) is 18.8 Å². The maximum atomic E-state index is 10.8. The van der Waals surface area contributed by atoms with E-state index in [9.17, 15) is 14.7 Å². The number of allylic oxidation sites excluding steroid dienone is 3. The largest absolute Gasteiger partial charge is 0.550 e. The lowest BCUT2D eigenvalue weighted by Crippen LogP contribution is -2.27. The lowest BCUT2D eigenvalue weighted by atomic mass is 10.2. The summed E-state index contributed by atoms with van der Waals surface area (Å²) >= 11 is 0. The van der Waals surface area contributed by atoms with Crippen molar-refractivity contribution in [3.63, 3.8) is 0 Å². The molecule has 0 saturated heterocycles. The Morgan fingerprint density at radius 1 is 1.26 bits per heavy atom. The second-order valence-corrected chi connectivity index (χ2v) is 4.07. The first-order valence-electron chi connectivity index (χ1n) is 5.87. The number of carboxylic acids is 1. The molecule has 1 rings (SSSR count). The van der Waals surface area contributed by atoms with E-state index in [4.69, 9.17) is 0 Å². The van der Waals surface area contributed by atoms with E-state index in [0.717, 1.165) is 5.69 Å². The molecule has 0 atom stereocenters. The van der Waals surface area contributed by atoms with Crippen molar-refractivity contribution in [2.75, 3.05) is 11.9 Å². The van der Waals surface area contributed by atoms with Gasteiger partial charge in [0.1, 0.15) is 0 Å². The smallest absolute Gasteiger partial charge is 0.152 e. The van der Waals surface area contributed by atoms with Crippen LogP contribution in [-0.2, 0) is 9.59 Å². The molecule has 19 heavy (non-hydrogen) atoms. The van der Waals surface area contributed by atoms with E-state index >= 15 is 0 Å². The summed E-state index contributed by atoms with van der Waals surface area (Å²) in [7, 11) is 1.77. The highest BCUT2D eigenvalue weighted by Gasteiger charge is 2.06. The minimum Gasteiger partial charge on any atom is -0.550 e. The number of para-hydroxylation sites is 1. The highest BCUT2D eigenvalue weighted by molar-refractivity contribution is 5.87. The van der Waals surface area contributed by atoms with Crippen LogP contribution in [0.1, 0.15) is 13.3 Å². The first-order valence-corrected chi connectivity index (χ1v) is 5.87. The standard InChI is InChI=1S/C15H17NO3/c1-12(17)7-6-10-14(11-15(18)19)16(2)13-8-4-3-5-9-13/h3-10H,11H2,1-2H3,(H,18,19)/p-1/b7-6+,14-10-. The van der Waals surface area contributed by atoms with Crippen LogP contribution in [0, 0.1) is 0 Å². The topological polar surface area (TPSA) is 60.4 Å². The number of rotatable bonds is 6. The van der Waals surface area contributed by atoms with Gasteiger partial charge in [0, 0.05) is 30.8 Å². The van der Waals surface area contributed by atoms with Gasteiger partial charge in [-0.25, -0.2) is 0 Å². The highest BCUT2D eigenvalue weighted by atomic mass is 16.4. The third kappa shape index (κ3) is 5.21. The predicted octanol–water partition coefficient (Wildman–Crippen LogP) is 1.29. The first-order chi connectivity index (χ1) is 9.00. The van der Waals surface area contributed by atoms with Gasteiger partial charge in [-0.3, -0.25) is 4.79 Å². The molecule has 0 aliphatic rings. The molecule has 0 heterocycles. The SMILES string of the molecule is CC(=O)/C=C/C=C(/CC(=O)[O-])N(C)c1ccccc1. The molecule has 100 valence electrons. The van der Waals surface area contributed by atoms with Crippen LogP contribution >= 0.6 is 0 Å². The maximum absolute atomic E-state index is 10.8. The molecular weight excluding hydrogens is 242 g/mol. The van der Waals surface area contributed by atoms with E-state index in [2.05, 4.69) is 0 Å². The van der Waals surface area contributed by atoms with Crippen LogP contribution in [0.2, 0.25) is 0 Å². The van der Waals surface area contributed by atoms with E-state index in [1.165, 1.54) is 13.0 Å². The zero-order chi connectivity index (χ0) is 14.3. The number of nitrogens with zero attached hydrogens (tertiary/aromatic N) is 1. The number of anilines is 1. The lowest BCUT2D eigenvalue weighted by Gasteiger charge is -2.23. The molecule has 0 amide bonds. The minimum atomic E-state index is -1.16. The van der Waals surface area contributed by atoms with Gasteiger partial charge >= 0.3 is 0 Å². The average molecular weight is 258 g/mol. The van der Waals surface area contributed by atoms with Crippen LogP contribution in [0.15, 0.2) is 54.3 Å². The van der Waals surface area contributed by atoms with Gasteiger partial charge in [0.25, 0.3) is 0 Å². The minimum absolute atomic E-state index is 0.0913. The highest BCUT2D eigenvalue weighted by Crippen LogP contribution is 2.18. The molecule has 0 aliphatic heterocycles. The molecule has 0 aliphatic carbocycles. The van der Waals surface area contributed by atoms with Gasteiger partial charge in [-0.05, 0) is 31.2 Å². The molecule has 0 saturated carbocycles. The third-order valence-corrected chi connectivity index (χ3v) is 2.52. The van der Waals surface area contributed by atoms with Gasteiger partial charge in [0.2, 0.25) is 0 Å². The normalized spacial score (nSPS) is 11.6. The molecule has 0 spiro atoms. The zero-order valence-corrected chi connectivity index (χ0v) is 11.0. The molecule has 0 unspecified atom stereocenters. The Morgan fingerprint density at radius 2 is 1.89 bits per heavy atom. The molecule has 4 heteroatoms. The van der Waals surface area contributed by atoms with Crippen LogP contribution in [0.4, 0.5) is 5.69 Å². The molecule has 1 aromatic rings. The summed E-state index contributed by atoms with van der Waals surface area (Å²) in [6.45, 7) is 1.43. The van der Waals surface area contributed by atoms with Gasteiger partial charge in [0.15, 0.2) is 5.78 Å². The van der Waals surface area contributed by atoms with Crippen molar-refractivity contribution in [1.82, 2.24) is 0 Å². The summed E-state index contributed by atoms with van der Waals surface area (Å²) in [4.78, 5) is 23.4. The Kier molecular flexibility index (Phi) is 5.54. The summed E-state index contributed by atoms with van der Waals surface area (Å²) in [5.74, 6) is -1.25. The van der Waals surface area contributed by atoms with Crippen molar-refractivity contribution in [3.05, 3.63) is 54.3 Å². The number of carbonyl (C=O) groups excluding carboxylic acids is 2. The van der Waals surface area contributed by atoms with Crippen molar-refractivity contribution in [2.24, 2.45) is 0 Å². The molecule has 0 aromatic heterocycles. The van der Waals surface area contributed by atoms with Gasteiger partial charge in [-0.1, -0.05) is 24.3 Å². The lowest BCUT2D eigenvalue weighted by molar-refractivity contribution is -0.304. The van der Waals surface area contributed by atoms with Crippen molar-refractivity contribution in [1.29, 1.82) is 0 Å².